The van der Waals surface area contributed by atoms with E-state index in [0.717, 1.165) is 28.3 Å². The number of aryl methyl sites for hydroxylation is 1. The summed E-state index contributed by atoms with van der Waals surface area (Å²) >= 11 is 0. The quantitative estimate of drug-likeness (QED) is 0.791. The summed E-state index contributed by atoms with van der Waals surface area (Å²) < 4.78 is 30.0. The third kappa shape index (κ3) is 3.06. The average Bonchev–Trinajstić information content (AvgIpc) is 2.96. The lowest BCUT2D eigenvalue weighted by Crippen LogP contribution is -2.12. The number of ether oxygens (including phenoxy) is 1. The van der Waals surface area contributed by atoms with Gasteiger partial charge in [-0.05, 0) is 72.6 Å². The number of primary sulfonamides is 1. The van der Waals surface area contributed by atoms with Crippen molar-refractivity contribution in [3.8, 4) is 22.7 Å². The molecule has 0 fully saturated rings. The molecule has 0 saturated carbocycles. The molecule has 1 aromatic heterocycles. The molecule has 0 atom stereocenters. The molecule has 2 N–H and O–H groups in total. The van der Waals surface area contributed by atoms with Gasteiger partial charge in [0.2, 0.25) is 10.0 Å². The Morgan fingerprint density at radius 1 is 0.958 bits per heavy atom. The average molecular weight is 342 g/mol. The molecule has 0 saturated heterocycles. The molecule has 0 bridgehead atoms. The zero-order chi connectivity index (χ0) is 17.3. The van der Waals surface area contributed by atoms with Gasteiger partial charge in [-0.25, -0.2) is 13.6 Å². The summed E-state index contributed by atoms with van der Waals surface area (Å²) in [5.41, 5.74) is 4.08. The summed E-state index contributed by atoms with van der Waals surface area (Å²) in [6.45, 7) is 2.04. The molecule has 0 radical (unpaired) electrons. The van der Waals surface area contributed by atoms with Crippen molar-refractivity contribution in [2.24, 2.45) is 5.14 Å². The van der Waals surface area contributed by atoms with Crippen molar-refractivity contribution in [2.45, 2.75) is 11.8 Å². The Morgan fingerprint density at radius 3 is 2.12 bits per heavy atom. The fourth-order valence-corrected chi connectivity index (χ4v) is 3.17. The summed E-state index contributed by atoms with van der Waals surface area (Å²) in [4.78, 5) is 0.0983. The SMILES string of the molecule is COc1ccc(-c2c(C)ccn2-c2ccc(S(N)(=O)=O)cc2)cc1. The first-order valence-corrected chi connectivity index (χ1v) is 8.90. The van der Waals surface area contributed by atoms with Crippen LogP contribution in [-0.4, -0.2) is 20.1 Å². The Labute approximate surface area is 141 Å². The molecule has 1 heterocycles. The predicted octanol–water partition coefficient (Wildman–Crippen LogP) is 3.11. The molecule has 124 valence electrons. The number of rotatable bonds is 4. The van der Waals surface area contributed by atoms with Gasteiger partial charge >= 0.3 is 0 Å². The number of aromatic nitrogens is 1. The molecule has 0 unspecified atom stereocenters. The predicted molar refractivity (Wildman–Crippen MR) is 93.9 cm³/mol. The first kappa shape index (κ1) is 16.3. The molecule has 24 heavy (non-hydrogen) atoms. The zero-order valence-electron chi connectivity index (χ0n) is 13.4. The maximum atomic E-state index is 11.4. The highest BCUT2D eigenvalue weighted by Gasteiger charge is 2.12. The Hall–Kier alpha value is -2.57. The smallest absolute Gasteiger partial charge is 0.238 e. The minimum absolute atomic E-state index is 0.0983. The lowest BCUT2D eigenvalue weighted by molar-refractivity contribution is 0.415. The van der Waals surface area contributed by atoms with Gasteiger partial charge in [0.15, 0.2) is 0 Å². The largest absolute Gasteiger partial charge is 0.497 e. The number of methoxy groups -OCH3 is 1. The van der Waals surface area contributed by atoms with Crippen molar-refractivity contribution in [1.82, 2.24) is 4.57 Å². The Balaban J connectivity index is 2.06. The molecule has 2 aromatic carbocycles. The third-order valence-electron chi connectivity index (χ3n) is 3.89. The van der Waals surface area contributed by atoms with E-state index < -0.39 is 10.0 Å². The second-order valence-electron chi connectivity index (χ2n) is 5.48. The van der Waals surface area contributed by atoms with E-state index in [2.05, 4.69) is 0 Å². The minimum atomic E-state index is -3.69. The van der Waals surface area contributed by atoms with Crippen LogP contribution < -0.4 is 9.88 Å². The molecule has 0 amide bonds. The normalized spacial score (nSPS) is 11.5. The molecule has 0 aliphatic carbocycles. The number of nitrogens with zero attached hydrogens (tertiary/aromatic N) is 1. The van der Waals surface area contributed by atoms with Crippen LogP contribution in [-0.2, 0) is 10.0 Å². The molecule has 6 heteroatoms. The highest BCUT2D eigenvalue weighted by molar-refractivity contribution is 7.89. The highest BCUT2D eigenvalue weighted by Crippen LogP contribution is 2.29. The maximum Gasteiger partial charge on any atom is 0.238 e. The number of benzene rings is 2. The lowest BCUT2D eigenvalue weighted by Gasteiger charge is -2.12. The second kappa shape index (κ2) is 6.14. The van der Waals surface area contributed by atoms with Crippen LogP contribution in [0.25, 0.3) is 16.9 Å². The van der Waals surface area contributed by atoms with Crippen LogP contribution in [0, 0.1) is 6.92 Å². The standard InChI is InChI=1S/C18H18N2O3S/c1-13-11-12-20(15-5-9-17(10-6-15)24(19,21)22)18(13)14-3-7-16(23-2)8-4-14/h3-12H,1-2H3,(H2,19,21,22). The van der Waals surface area contributed by atoms with Crippen LogP contribution in [0.4, 0.5) is 0 Å². The van der Waals surface area contributed by atoms with Crippen molar-refractivity contribution in [2.75, 3.05) is 7.11 Å². The van der Waals surface area contributed by atoms with Crippen LogP contribution >= 0.6 is 0 Å². The summed E-state index contributed by atoms with van der Waals surface area (Å²) in [5, 5.41) is 5.15. The topological polar surface area (TPSA) is 74.3 Å². The zero-order valence-corrected chi connectivity index (χ0v) is 14.2. The van der Waals surface area contributed by atoms with Crippen molar-refractivity contribution in [3.63, 3.8) is 0 Å². The van der Waals surface area contributed by atoms with Crippen molar-refractivity contribution >= 4 is 10.0 Å². The van der Waals surface area contributed by atoms with E-state index in [1.165, 1.54) is 12.1 Å². The van der Waals surface area contributed by atoms with Gasteiger partial charge in [-0.3, -0.25) is 0 Å². The van der Waals surface area contributed by atoms with Gasteiger partial charge in [0.25, 0.3) is 0 Å². The van der Waals surface area contributed by atoms with Gasteiger partial charge in [0, 0.05) is 11.9 Å². The van der Waals surface area contributed by atoms with Gasteiger partial charge in [-0.1, -0.05) is 0 Å². The van der Waals surface area contributed by atoms with E-state index in [1.807, 2.05) is 48.0 Å². The number of nitrogens with two attached hydrogens (primary N) is 1. The molecule has 3 aromatic rings. The first-order valence-electron chi connectivity index (χ1n) is 7.36. The molecular formula is C18H18N2O3S. The summed E-state index contributed by atoms with van der Waals surface area (Å²) in [7, 11) is -2.05. The van der Waals surface area contributed by atoms with Gasteiger partial charge in [0.1, 0.15) is 5.75 Å². The maximum absolute atomic E-state index is 11.4. The van der Waals surface area contributed by atoms with E-state index in [1.54, 1.807) is 19.2 Å². The highest BCUT2D eigenvalue weighted by atomic mass is 32.2. The van der Waals surface area contributed by atoms with Crippen LogP contribution in [0.3, 0.4) is 0 Å². The molecule has 0 aliphatic heterocycles. The fraction of sp³-hybridized carbons (Fsp3) is 0.111. The monoisotopic (exact) mass is 342 g/mol. The van der Waals surface area contributed by atoms with Gasteiger partial charge < -0.3 is 9.30 Å². The number of sulfonamides is 1. The van der Waals surface area contributed by atoms with Crippen molar-refractivity contribution in [1.29, 1.82) is 0 Å². The van der Waals surface area contributed by atoms with E-state index >= 15 is 0 Å². The number of hydrogen-bond donors (Lipinski definition) is 1. The van der Waals surface area contributed by atoms with E-state index in [-0.39, 0.29) is 4.90 Å². The van der Waals surface area contributed by atoms with Crippen LogP contribution in [0.15, 0.2) is 65.7 Å². The third-order valence-corrected chi connectivity index (χ3v) is 4.82. The fourth-order valence-electron chi connectivity index (χ4n) is 2.66. The van der Waals surface area contributed by atoms with Gasteiger partial charge in [-0.15, -0.1) is 0 Å². The van der Waals surface area contributed by atoms with E-state index in [0.29, 0.717) is 0 Å². The summed E-state index contributed by atoms with van der Waals surface area (Å²) in [6.07, 6.45) is 1.96. The van der Waals surface area contributed by atoms with E-state index in [4.69, 9.17) is 9.88 Å². The lowest BCUT2D eigenvalue weighted by atomic mass is 10.1. The summed E-state index contributed by atoms with van der Waals surface area (Å²) in [5.74, 6) is 0.798. The Morgan fingerprint density at radius 2 is 1.58 bits per heavy atom. The van der Waals surface area contributed by atoms with Crippen LogP contribution in [0.2, 0.25) is 0 Å². The van der Waals surface area contributed by atoms with Gasteiger partial charge in [-0.2, -0.15) is 0 Å². The first-order chi connectivity index (χ1) is 11.4. The van der Waals surface area contributed by atoms with Gasteiger partial charge in [0.05, 0.1) is 17.7 Å². The van der Waals surface area contributed by atoms with Crippen LogP contribution in [0.5, 0.6) is 5.75 Å². The molecular weight excluding hydrogens is 324 g/mol. The summed E-state index contributed by atoms with van der Waals surface area (Å²) in [6, 6.07) is 16.3. The Bertz CT molecular complexity index is 957. The molecule has 5 nitrogen and oxygen atoms in total. The number of hydrogen-bond acceptors (Lipinski definition) is 3. The minimum Gasteiger partial charge on any atom is -0.497 e. The van der Waals surface area contributed by atoms with Crippen LogP contribution in [0.1, 0.15) is 5.56 Å². The molecule has 0 spiro atoms. The molecule has 3 rings (SSSR count). The van der Waals surface area contributed by atoms with E-state index in [9.17, 15) is 8.42 Å². The van der Waals surface area contributed by atoms with Crippen molar-refractivity contribution in [3.05, 3.63) is 66.4 Å². The second-order valence-corrected chi connectivity index (χ2v) is 7.05. The Kier molecular flexibility index (Phi) is 4.17. The molecule has 0 aliphatic rings. The van der Waals surface area contributed by atoms with Crippen molar-refractivity contribution < 1.29 is 13.2 Å².